The van der Waals surface area contributed by atoms with Gasteiger partial charge in [-0.05, 0) is 72.6 Å². The number of nitrogens with zero attached hydrogens (tertiary/aromatic N) is 1. The highest BCUT2D eigenvalue weighted by Crippen LogP contribution is 2.37. The number of phosphoric acid groups is 1. The SMILES string of the molecule is CC/C(=C(/c1ccc(OCCN(C)C)cc1)c1ccc(OP(=O)([O-])[O-])cc1)c1ccccc1. The Bertz CT molecular complexity index is 1100. The molecule has 0 aliphatic carbocycles. The Balaban J connectivity index is 2.01. The van der Waals surface area contributed by atoms with Gasteiger partial charge in [0.05, 0.1) is 0 Å². The molecule has 174 valence electrons. The number of hydrogen-bond acceptors (Lipinski definition) is 6. The van der Waals surface area contributed by atoms with Gasteiger partial charge in [-0.25, -0.2) is 0 Å². The van der Waals surface area contributed by atoms with Crippen LogP contribution in [0.5, 0.6) is 11.5 Å². The Labute approximate surface area is 195 Å². The number of ether oxygens (including phenoxy) is 1. The molecule has 0 fully saturated rings. The van der Waals surface area contributed by atoms with E-state index in [4.69, 9.17) is 4.74 Å². The second kappa shape index (κ2) is 11.3. The van der Waals surface area contributed by atoms with Gasteiger partial charge in [-0.1, -0.05) is 61.5 Å². The maximum Gasteiger partial charge on any atom is 0.124 e. The summed E-state index contributed by atoms with van der Waals surface area (Å²) in [7, 11) is -1.10. The van der Waals surface area contributed by atoms with E-state index in [1.165, 1.54) is 12.1 Å². The van der Waals surface area contributed by atoms with Crippen LogP contribution < -0.4 is 19.0 Å². The van der Waals surface area contributed by atoms with Crippen molar-refractivity contribution in [3.63, 3.8) is 0 Å². The van der Waals surface area contributed by atoms with E-state index in [2.05, 4.69) is 28.5 Å². The average Bonchev–Trinajstić information content (AvgIpc) is 2.78. The Hall–Kier alpha value is -2.89. The van der Waals surface area contributed by atoms with E-state index < -0.39 is 7.82 Å². The lowest BCUT2D eigenvalue weighted by atomic mass is 9.88. The molecule has 0 aromatic heterocycles. The van der Waals surface area contributed by atoms with Crippen LogP contribution >= 0.6 is 7.82 Å². The largest absolute Gasteiger partial charge is 0.780 e. The van der Waals surface area contributed by atoms with Gasteiger partial charge in [0.25, 0.3) is 0 Å². The fourth-order valence-corrected chi connectivity index (χ4v) is 3.94. The van der Waals surface area contributed by atoms with Crippen LogP contribution in [0.15, 0.2) is 78.9 Å². The zero-order chi connectivity index (χ0) is 23.8. The van der Waals surface area contributed by atoms with Crippen LogP contribution in [0.2, 0.25) is 0 Å². The van der Waals surface area contributed by atoms with Crippen LogP contribution in [0.25, 0.3) is 11.1 Å². The minimum atomic E-state index is -5.11. The highest BCUT2D eigenvalue weighted by atomic mass is 31.2. The lowest BCUT2D eigenvalue weighted by Gasteiger charge is -2.29. The molecule has 0 heterocycles. The smallest absolute Gasteiger partial charge is 0.124 e. The molecule has 33 heavy (non-hydrogen) atoms. The third-order valence-electron chi connectivity index (χ3n) is 5.09. The quantitative estimate of drug-likeness (QED) is 0.330. The molecule has 0 atom stereocenters. The molecule has 0 aliphatic rings. The van der Waals surface area contributed by atoms with Crippen molar-refractivity contribution in [2.45, 2.75) is 13.3 Å². The fraction of sp³-hybridized carbons (Fsp3) is 0.231. The molecule has 0 saturated heterocycles. The number of rotatable bonds is 10. The molecule has 3 aromatic rings. The maximum atomic E-state index is 11.0. The minimum absolute atomic E-state index is 0.00571. The van der Waals surface area contributed by atoms with E-state index >= 15 is 0 Å². The van der Waals surface area contributed by atoms with Crippen molar-refractivity contribution in [1.29, 1.82) is 0 Å². The first-order chi connectivity index (χ1) is 15.8. The van der Waals surface area contributed by atoms with Crippen molar-refractivity contribution >= 4 is 19.0 Å². The number of benzene rings is 3. The van der Waals surface area contributed by atoms with Crippen molar-refractivity contribution in [2.75, 3.05) is 27.2 Å². The zero-order valence-electron chi connectivity index (χ0n) is 19.1. The van der Waals surface area contributed by atoms with Gasteiger partial charge < -0.3 is 28.5 Å². The predicted molar refractivity (Wildman–Crippen MR) is 128 cm³/mol. The van der Waals surface area contributed by atoms with E-state index in [0.29, 0.717) is 6.61 Å². The van der Waals surface area contributed by atoms with Crippen molar-refractivity contribution in [3.05, 3.63) is 95.6 Å². The minimum Gasteiger partial charge on any atom is -0.780 e. The standard InChI is InChI=1S/C26H30NO5P/c1-4-25(20-8-6-5-7-9-20)26(22-12-16-24(17-13-22)32-33(28,29)30)21-10-14-23(15-11-21)31-19-18-27(2)3/h5-17H,4,18-19H2,1-3H3,(H2,28,29,30)/p-2/b26-25+. The molecule has 3 aromatic carbocycles. The molecule has 0 radical (unpaired) electrons. The number of allylic oxidation sites excluding steroid dienone is 1. The van der Waals surface area contributed by atoms with Gasteiger partial charge in [-0.3, -0.25) is 0 Å². The van der Waals surface area contributed by atoms with Gasteiger partial charge in [0.1, 0.15) is 25.9 Å². The number of hydrogen-bond donors (Lipinski definition) is 0. The first-order valence-electron chi connectivity index (χ1n) is 10.8. The molecule has 0 saturated carbocycles. The second-order valence-corrected chi connectivity index (χ2v) is 8.89. The van der Waals surface area contributed by atoms with Crippen LogP contribution in [0.3, 0.4) is 0 Å². The lowest BCUT2D eigenvalue weighted by molar-refractivity contribution is -0.333. The Morgan fingerprint density at radius 3 is 1.85 bits per heavy atom. The van der Waals surface area contributed by atoms with Crippen molar-refractivity contribution in [2.24, 2.45) is 0 Å². The topological polar surface area (TPSA) is 84.9 Å². The molecular weight excluding hydrogens is 437 g/mol. The maximum absolute atomic E-state index is 11.0. The van der Waals surface area contributed by atoms with Crippen LogP contribution in [0, 0.1) is 0 Å². The molecule has 3 rings (SSSR count). The summed E-state index contributed by atoms with van der Waals surface area (Å²) in [6.45, 7) is 3.53. The van der Waals surface area contributed by atoms with Crippen molar-refractivity contribution in [3.8, 4) is 11.5 Å². The first-order valence-corrected chi connectivity index (χ1v) is 12.2. The Kier molecular flexibility index (Phi) is 8.48. The summed E-state index contributed by atoms with van der Waals surface area (Å²) in [6.07, 6.45) is 0.787. The summed E-state index contributed by atoms with van der Waals surface area (Å²) >= 11 is 0. The Morgan fingerprint density at radius 1 is 0.818 bits per heavy atom. The summed E-state index contributed by atoms with van der Waals surface area (Å²) in [5.74, 6) is 0.789. The Morgan fingerprint density at radius 2 is 1.36 bits per heavy atom. The molecule has 7 heteroatoms. The molecule has 0 amide bonds. The predicted octanol–water partition coefficient (Wildman–Crippen LogP) is 4.20. The molecule has 0 unspecified atom stereocenters. The third-order valence-corrected chi connectivity index (χ3v) is 5.52. The highest BCUT2D eigenvalue weighted by Gasteiger charge is 2.14. The average molecular weight is 465 g/mol. The molecule has 6 nitrogen and oxygen atoms in total. The molecular formula is C26H28NO5P-2. The first kappa shape index (κ1) is 24.7. The van der Waals surface area contributed by atoms with Gasteiger partial charge >= 0.3 is 0 Å². The zero-order valence-corrected chi connectivity index (χ0v) is 20.0. The van der Waals surface area contributed by atoms with Gasteiger partial charge in [0.15, 0.2) is 0 Å². The second-order valence-electron chi connectivity index (χ2n) is 7.81. The van der Waals surface area contributed by atoms with Gasteiger partial charge in [0, 0.05) is 6.54 Å². The molecule has 0 N–H and O–H groups in total. The van der Waals surface area contributed by atoms with Crippen LogP contribution in [0.1, 0.15) is 30.0 Å². The van der Waals surface area contributed by atoms with Crippen molar-refractivity contribution in [1.82, 2.24) is 4.90 Å². The molecule has 0 aliphatic heterocycles. The summed E-state index contributed by atoms with van der Waals surface area (Å²) in [4.78, 5) is 24.0. The van der Waals surface area contributed by atoms with Crippen molar-refractivity contribution < 1.29 is 23.6 Å². The summed E-state index contributed by atoms with van der Waals surface area (Å²) in [6, 6.07) is 24.6. The van der Waals surface area contributed by atoms with E-state index in [-0.39, 0.29) is 5.75 Å². The van der Waals surface area contributed by atoms with E-state index in [1.807, 2.05) is 56.6 Å². The van der Waals surface area contributed by atoms with Gasteiger partial charge in [-0.2, -0.15) is 0 Å². The number of likely N-dealkylation sites (N-methyl/N-ethyl adjacent to an activating group) is 1. The van der Waals surface area contributed by atoms with E-state index in [0.717, 1.165) is 46.6 Å². The summed E-state index contributed by atoms with van der Waals surface area (Å²) in [5, 5.41) is 0. The third kappa shape index (κ3) is 7.31. The van der Waals surface area contributed by atoms with Crippen LogP contribution in [-0.4, -0.2) is 32.1 Å². The van der Waals surface area contributed by atoms with Crippen LogP contribution in [-0.2, 0) is 4.57 Å². The normalized spacial score (nSPS) is 12.4. The van der Waals surface area contributed by atoms with Crippen LogP contribution in [0.4, 0.5) is 0 Å². The molecule has 0 bridgehead atoms. The van der Waals surface area contributed by atoms with Gasteiger partial charge in [-0.15, -0.1) is 0 Å². The fourth-order valence-electron chi connectivity index (χ4n) is 3.56. The summed E-state index contributed by atoms with van der Waals surface area (Å²) in [5.41, 5.74) is 5.15. The lowest BCUT2D eigenvalue weighted by Crippen LogP contribution is -2.19. The van der Waals surface area contributed by atoms with Gasteiger partial charge in [0.2, 0.25) is 0 Å². The van der Waals surface area contributed by atoms with E-state index in [1.54, 1.807) is 12.1 Å². The van der Waals surface area contributed by atoms with E-state index in [9.17, 15) is 14.4 Å². The molecule has 0 spiro atoms. The summed E-state index contributed by atoms with van der Waals surface area (Å²) < 4.78 is 21.3. The monoisotopic (exact) mass is 465 g/mol. The highest BCUT2D eigenvalue weighted by molar-refractivity contribution is 7.43. The number of phosphoric ester groups is 1.